The van der Waals surface area contributed by atoms with Crippen LogP contribution in [0.1, 0.15) is 36.5 Å². The first kappa shape index (κ1) is 18.4. The van der Waals surface area contributed by atoms with E-state index in [0.29, 0.717) is 18.0 Å². The number of piperidine rings is 1. The third-order valence-electron chi connectivity index (χ3n) is 4.12. The Kier molecular flexibility index (Phi) is 6.31. The first-order chi connectivity index (χ1) is 11.5. The Morgan fingerprint density at radius 2 is 2.00 bits per heavy atom. The van der Waals surface area contributed by atoms with Gasteiger partial charge in [-0.1, -0.05) is 11.6 Å². The summed E-state index contributed by atoms with van der Waals surface area (Å²) in [6.07, 6.45) is 3.08. The summed E-state index contributed by atoms with van der Waals surface area (Å²) in [7, 11) is 2.91. The van der Waals surface area contributed by atoms with Gasteiger partial charge in [-0.15, -0.1) is 0 Å². The molecular weight excluding hydrogens is 334 g/mol. The van der Waals surface area contributed by atoms with E-state index in [1.807, 2.05) is 6.92 Å². The number of esters is 1. The van der Waals surface area contributed by atoms with Gasteiger partial charge in [0.2, 0.25) is 0 Å². The molecule has 1 atom stereocenters. The molecule has 0 N–H and O–H groups in total. The zero-order chi connectivity index (χ0) is 17.7. The molecule has 1 aromatic carbocycles. The minimum Gasteiger partial charge on any atom is -0.493 e. The van der Waals surface area contributed by atoms with Crippen molar-refractivity contribution in [3.63, 3.8) is 0 Å². The lowest BCUT2D eigenvalue weighted by Crippen LogP contribution is -2.44. The van der Waals surface area contributed by atoms with Crippen molar-refractivity contribution in [3.05, 3.63) is 22.7 Å². The topological polar surface area (TPSA) is 65.1 Å². The number of ether oxygens (including phenoxy) is 3. The molecule has 1 aliphatic rings. The number of hydrogen-bond acceptors (Lipinski definition) is 5. The van der Waals surface area contributed by atoms with Crippen LogP contribution in [-0.2, 0) is 9.53 Å². The minimum atomic E-state index is -0.629. The van der Waals surface area contributed by atoms with E-state index in [1.165, 1.54) is 26.4 Å². The zero-order valence-electron chi connectivity index (χ0n) is 14.1. The molecule has 6 nitrogen and oxygen atoms in total. The van der Waals surface area contributed by atoms with Gasteiger partial charge in [0.15, 0.2) is 18.1 Å². The third-order valence-corrected chi connectivity index (χ3v) is 4.40. The van der Waals surface area contributed by atoms with Crippen molar-refractivity contribution in [3.8, 4) is 11.5 Å². The standard InChI is InChI=1S/C17H22ClNO5/c1-11-6-4-5-7-19(11)15(20)10-24-17(21)12-8-13(18)16(23-3)14(9-12)22-2/h8-9,11H,4-7,10H2,1-3H3. The van der Waals surface area contributed by atoms with E-state index < -0.39 is 5.97 Å². The molecule has 1 amide bonds. The van der Waals surface area contributed by atoms with E-state index >= 15 is 0 Å². The van der Waals surface area contributed by atoms with Gasteiger partial charge in [0.25, 0.3) is 5.91 Å². The minimum absolute atomic E-state index is 0.179. The Labute approximate surface area is 146 Å². The molecule has 0 spiro atoms. The average molecular weight is 356 g/mol. The van der Waals surface area contributed by atoms with Gasteiger partial charge >= 0.3 is 5.97 Å². The molecule has 132 valence electrons. The van der Waals surface area contributed by atoms with Crippen LogP contribution in [0.5, 0.6) is 11.5 Å². The number of likely N-dealkylation sites (tertiary alicyclic amines) is 1. The maximum atomic E-state index is 12.2. The van der Waals surface area contributed by atoms with Gasteiger partial charge in [-0.25, -0.2) is 4.79 Å². The number of carbonyl (C=O) groups excluding carboxylic acids is 2. The first-order valence-electron chi connectivity index (χ1n) is 7.86. The van der Waals surface area contributed by atoms with Gasteiger partial charge in [-0.3, -0.25) is 4.79 Å². The molecule has 1 fully saturated rings. The van der Waals surface area contributed by atoms with E-state index in [4.69, 9.17) is 25.8 Å². The van der Waals surface area contributed by atoms with E-state index in [2.05, 4.69) is 0 Å². The molecular formula is C17H22ClNO5. The number of nitrogens with zero attached hydrogens (tertiary/aromatic N) is 1. The number of halogens is 1. The Bertz CT molecular complexity index is 619. The van der Waals surface area contributed by atoms with Crippen LogP contribution in [0.4, 0.5) is 0 Å². The van der Waals surface area contributed by atoms with Gasteiger partial charge in [0, 0.05) is 12.6 Å². The number of carbonyl (C=O) groups is 2. The van der Waals surface area contributed by atoms with Crippen LogP contribution >= 0.6 is 11.6 Å². The molecule has 24 heavy (non-hydrogen) atoms. The summed E-state index contributed by atoms with van der Waals surface area (Å²) in [6.45, 7) is 2.43. The normalized spacial score (nSPS) is 17.3. The molecule has 1 aliphatic heterocycles. The summed E-state index contributed by atoms with van der Waals surface area (Å²) in [6, 6.07) is 3.08. The number of amides is 1. The maximum absolute atomic E-state index is 12.2. The fourth-order valence-electron chi connectivity index (χ4n) is 2.80. The van der Waals surface area contributed by atoms with Crippen LogP contribution in [-0.4, -0.2) is 50.2 Å². The van der Waals surface area contributed by atoms with Crippen molar-refractivity contribution in [1.29, 1.82) is 0 Å². The van der Waals surface area contributed by atoms with Crippen LogP contribution in [0.2, 0.25) is 5.02 Å². The third kappa shape index (κ3) is 4.12. The largest absolute Gasteiger partial charge is 0.493 e. The Morgan fingerprint density at radius 1 is 1.25 bits per heavy atom. The highest BCUT2D eigenvalue weighted by molar-refractivity contribution is 6.32. The highest BCUT2D eigenvalue weighted by atomic mass is 35.5. The van der Waals surface area contributed by atoms with Crippen LogP contribution in [0.25, 0.3) is 0 Å². The van der Waals surface area contributed by atoms with Crippen molar-refractivity contribution in [2.75, 3.05) is 27.4 Å². The second-order valence-corrected chi connectivity index (χ2v) is 6.11. The SMILES string of the molecule is COc1cc(C(=O)OCC(=O)N2CCCCC2C)cc(Cl)c1OC. The van der Waals surface area contributed by atoms with Crippen molar-refractivity contribution in [2.24, 2.45) is 0 Å². The molecule has 0 bridgehead atoms. The van der Waals surface area contributed by atoms with Crippen molar-refractivity contribution in [2.45, 2.75) is 32.2 Å². The average Bonchev–Trinajstić information content (AvgIpc) is 2.58. The molecule has 1 unspecified atom stereocenters. The Balaban J connectivity index is 2.02. The van der Waals surface area contributed by atoms with Crippen molar-refractivity contribution < 1.29 is 23.8 Å². The van der Waals surface area contributed by atoms with E-state index in [0.717, 1.165) is 19.3 Å². The van der Waals surface area contributed by atoms with Gasteiger partial charge in [0.1, 0.15) is 0 Å². The monoisotopic (exact) mass is 355 g/mol. The Morgan fingerprint density at radius 3 is 2.62 bits per heavy atom. The lowest BCUT2D eigenvalue weighted by molar-refractivity contribution is -0.137. The first-order valence-corrected chi connectivity index (χ1v) is 8.23. The fourth-order valence-corrected chi connectivity index (χ4v) is 3.09. The summed E-state index contributed by atoms with van der Waals surface area (Å²) >= 11 is 6.07. The molecule has 1 heterocycles. The maximum Gasteiger partial charge on any atom is 0.338 e. The summed E-state index contributed by atoms with van der Waals surface area (Å²) < 4.78 is 15.4. The predicted octanol–water partition coefficient (Wildman–Crippen LogP) is 2.92. The fraction of sp³-hybridized carbons (Fsp3) is 0.529. The van der Waals surface area contributed by atoms with Crippen molar-refractivity contribution >= 4 is 23.5 Å². The highest BCUT2D eigenvalue weighted by Crippen LogP contribution is 2.36. The second-order valence-electron chi connectivity index (χ2n) is 5.70. The molecule has 1 aromatic rings. The molecule has 0 aliphatic carbocycles. The van der Waals surface area contributed by atoms with Crippen LogP contribution in [0, 0.1) is 0 Å². The second kappa shape index (κ2) is 8.24. The highest BCUT2D eigenvalue weighted by Gasteiger charge is 2.24. The number of methoxy groups -OCH3 is 2. The Hall–Kier alpha value is -1.95. The van der Waals surface area contributed by atoms with Crippen LogP contribution in [0.3, 0.4) is 0 Å². The van der Waals surface area contributed by atoms with Gasteiger partial charge in [-0.05, 0) is 38.3 Å². The summed E-state index contributed by atoms with van der Waals surface area (Å²) in [5.41, 5.74) is 0.206. The summed E-state index contributed by atoms with van der Waals surface area (Å²) in [5.74, 6) is -0.139. The molecule has 1 saturated heterocycles. The van der Waals surface area contributed by atoms with E-state index in [1.54, 1.807) is 4.90 Å². The molecule has 0 saturated carbocycles. The number of hydrogen-bond donors (Lipinski definition) is 0. The zero-order valence-corrected chi connectivity index (χ0v) is 14.9. The van der Waals surface area contributed by atoms with Gasteiger partial charge < -0.3 is 19.1 Å². The van der Waals surface area contributed by atoms with Crippen molar-refractivity contribution in [1.82, 2.24) is 4.90 Å². The predicted molar refractivity (Wildman–Crippen MR) is 89.9 cm³/mol. The summed E-state index contributed by atoms with van der Waals surface area (Å²) in [4.78, 5) is 26.2. The lowest BCUT2D eigenvalue weighted by atomic mass is 10.0. The molecule has 2 rings (SSSR count). The van der Waals surface area contributed by atoms with Gasteiger partial charge in [-0.2, -0.15) is 0 Å². The lowest BCUT2D eigenvalue weighted by Gasteiger charge is -2.33. The molecule has 7 heteroatoms. The molecule has 0 radical (unpaired) electrons. The van der Waals surface area contributed by atoms with E-state index in [9.17, 15) is 9.59 Å². The number of rotatable bonds is 5. The summed E-state index contributed by atoms with van der Waals surface area (Å²) in [5, 5.41) is 0.236. The molecule has 0 aromatic heterocycles. The van der Waals surface area contributed by atoms with E-state index in [-0.39, 0.29) is 29.1 Å². The smallest absolute Gasteiger partial charge is 0.338 e. The quantitative estimate of drug-likeness (QED) is 0.760. The van der Waals surface area contributed by atoms with Crippen LogP contribution in [0.15, 0.2) is 12.1 Å². The van der Waals surface area contributed by atoms with Crippen LogP contribution < -0.4 is 9.47 Å². The van der Waals surface area contributed by atoms with Gasteiger partial charge in [0.05, 0.1) is 24.8 Å². The number of benzene rings is 1.